The monoisotopic (exact) mass is 98.1 g/mol. The highest BCUT2D eigenvalue weighted by Gasteiger charge is 1.84. The third-order valence-electron chi connectivity index (χ3n) is 0.792. The van der Waals surface area contributed by atoms with Crippen molar-refractivity contribution in [1.82, 2.24) is 9.55 Å². The van der Waals surface area contributed by atoms with E-state index in [0.29, 0.717) is 5.95 Å². The van der Waals surface area contributed by atoms with Gasteiger partial charge in [-0.05, 0) is 0 Å². The second-order valence-corrected chi connectivity index (χ2v) is 1.34. The normalized spacial score (nSPS) is 11.3. The SMILES string of the molecule is [2H]c1cn(C)c(N)n1. The first-order chi connectivity index (χ1) is 3.70. The molecular weight excluding hydrogens is 90.1 g/mol. The summed E-state index contributed by atoms with van der Waals surface area (Å²) in [6.07, 6.45) is 1.76. The van der Waals surface area contributed by atoms with Gasteiger partial charge >= 0.3 is 0 Å². The molecule has 7 heavy (non-hydrogen) atoms. The van der Waals surface area contributed by atoms with Crippen LogP contribution in [0.1, 0.15) is 1.37 Å². The molecule has 3 nitrogen and oxygen atoms in total. The fraction of sp³-hybridized carbons (Fsp3) is 0.250. The lowest BCUT2D eigenvalue weighted by Gasteiger charge is -1.87. The number of nitrogen functional groups attached to an aromatic ring is 1. The lowest BCUT2D eigenvalue weighted by atomic mass is 10.9. The summed E-state index contributed by atoms with van der Waals surface area (Å²) in [5.74, 6) is 0.384. The molecule has 0 atom stereocenters. The van der Waals surface area contributed by atoms with Crippen LogP contribution in [-0.4, -0.2) is 9.55 Å². The second kappa shape index (κ2) is 1.26. The molecule has 0 bridgehead atoms. The fourth-order valence-corrected chi connectivity index (χ4v) is 0.327. The molecule has 0 spiro atoms. The molecule has 1 heterocycles. The molecule has 3 heteroatoms. The van der Waals surface area contributed by atoms with Gasteiger partial charge in [0, 0.05) is 19.4 Å². The van der Waals surface area contributed by atoms with Gasteiger partial charge < -0.3 is 10.3 Å². The summed E-state index contributed by atoms with van der Waals surface area (Å²) in [7, 11) is 1.75. The Morgan fingerprint density at radius 1 is 2.14 bits per heavy atom. The summed E-state index contributed by atoms with van der Waals surface area (Å²) in [6, 6.07) is 0. The number of imidazole rings is 1. The zero-order valence-corrected chi connectivity index (χ0v) is 4.05. The number of aromatic nitrogens is 2. The number of aryl methyl sites for hydroxylation is 1. The number of anilines is 1. The zero-order valence-electron chi connectivity index (χ0n) is 5.05. The molecule has 1 aromatic rings. The summed E-state index contributed by atoms with van der Waals surface area (Å²) < 4.78 is 8.54. The molecule has 0 saturated carbocycles. The average molecular weight is 98.1 g/mol. The molecule has 0 aliphatic carbocycles. The van der Waals surface area contributed by atoms with Gasteiger partial charge in [-0.1, -0.05) is 0 Å². The van der Waals surface area contributed by atoms with Gasteiger partial charge in [-0.15, -0.1) is 0 Å². The van der Waals surface area contributed by atoms with Crippen LogP contribution in [-0.2, 0) is 7.05 Å². The predicted octanol–water partition coefficient (Wildman–Crippen LogP) is 0.00230. The number of nitrogens with zero attached hydrogens (tertiary/aromatic N) is 2. The first kappa shape index (κ1) is 3.07. The summed E-state index contributed by atoms with van der Waals surface area (Å²) in [5.41, 5.74) is 5.27. The van der Waals surface area contributed by atoms with Gasteiger partial charge in [0.25, 0.3) is 0 Å². The molecule has 0 unspecified atom stereocenters. The van der Waals surface area contributed by atoms with Crippen molar-refractivity contribution in [3.63, 3.8) is 0 Å². The Bertz CT molecular complexity index is 174. The summed E-state index contributed by atoms with van der Waals surface area (Å²) >= 11 is 0. The Morgan fingerprint density at radius 2 is 2.86 bits per heavy atom. The van der Waals surface area contributed by atoms with Crippen LogP contribution in [0.5, 0.6) is 0 Å². The van der Waals surface area contributed by atoms with E-state index in [4.69, 9.17) is 7.10 Å². The highest BCUT2D eigenvalue weighted by atomic mass is 15.1. The molecule has 1 rings (SSSR count). The molecule has 1 aromatic heterocycles. The van der Waals surface area contributed by atoms with Crippen LogP contribution < -0.4 is 5.73 Å². The topological polar surface area (TPSA) is 43.8 Å². The Kier molecular flexibility index (Phi) is 0.551. The van der Waals surface area contributed by atoms with Crippen LogP contribution in [0.15, 0.2) is 12.4 Å². The standard InChI is InChI=1S/C4H7N3/c1-7-3-2-6-4(7)5/h2-3H,1H3,(H2,5,6)/i2D. The maximum atomic E-state index is 6.94. The van der Waals surface area contributed by atoms with Crippen LogP contribution >= 0.6 is 0 Å². The molecule has 0 aromatic carbocycles. The average Bonchev–Trinajstić information content (AvgIpc) is 1.85. The van der Waals surface area contributed by atoms with Gasteiger partial charge in [0.1, 0.15) is 0 Å². The highest BCUT2D eigenvalue weighted by Crippen LogP contribution is 1.90. The lowest BCUT2D eigenvalue weighted by Crippen LogP contribution is -1.94. The molecule has 0 saturated heterocycles. The first-order valence-electron chi connectivity index (χ1n) is 2.45. The van der Waals surface area contributed by atoms with Crippen LogP contribution in [0.3, 0.4) is 0 Å². The van der Waals surface area contributed by atoms with E-state index in [2.05, 4.69) is 4.98 Å². The number of nitrogens with two attached hydrogens (primary N) is 1. The van der Waals surface area contributed by atoms with E-state index in [1.165, 1.54) is 0 Å². The molecule has 2 N–H and O–H groups in total. The van der Waals surface area contributed by atoms with E-state index in [0.717, 1.165) is 0 Å². The number of hydrogen-bond donors (Lipinski definition) is 1. The maximum Gasteiger partial charge on any atom is 0.199 e. The smallest absolute Gasteiger partial charge is 0.199 e. The van der Waals surface area contributed by atoms with Crippen molar-refractivity contribution in [2.24, 2.45) is 7.05 Å². The third kappa shape index (κ3) is 0.559. The zero-order chi connectivity index (χ0) is 6.15. The van der Waals surface area contributed by atoms with Gasteiger partial charge in [-0.2, -0.15) is 0 Å². The molecule has 0 radical (unpaired) electrons. The quantitative estimate of drug-likeness (QED) is 0.496. The minimum Gasteiger partial charge on any atom is -0.369 e. The second-order valence-electron chi connectivity index (χ2n) is 1.34. The molecule has 0 aliphatic heterocycles. The van der Waals surface area contributed by atoms with Gasteiger partial charge in [0.05, 0.1) is 1.37 Å². The van der Waals surface area contributed by atoms with Crippen molar-refractivity contribution in [1.29, 1.82) is 0 Å². The molecule has 0 fully saturated rings. The summed E-state index contributed by atoms with van der Waals surface area (Å²) in [5, 5.41) is 0. The van der Waals surface area contributed by atoms with E-state index in [1.54, 1.807) is 17.8 Å². The van der Waals surface area contributed by atoms with Crippen molar-refractivity contribution >= 4 is 5.95 Å². The summed E-state index contributed by atoms with van der Waals surface area (Å²) in [4.78, 5) is 3.62. The van der Waals surface area contributed by atoms with Crippen molar-refractivity contribution in [3.8, 4) is 0 Å². The van der Waals surface area contributed by atoms with E-state index < -0.39 is 0 Å². The Hall–Kier alpha value is -0.990. The van der Waals surface area contributed by atoms with Gasteiger partial charge in [-0.25, -0.2) is 4.98 Å². The minimum atomic E-state index is 0.213. The maximum absolute atomic E-state index is 6.94. The predicted molar refractivity (Wildman–Crippen MR) is 27.6 cm³/mol. The number of rotatable bonds is 0. The van der Waals surface area contributed by atoms with Crippen LogP contribution in [0.4, 0.5) is 5.95 Å². The van der Waals surface area contributed by atoms with Gasteiger partial charge in [-0.3, -0.25) is 0 Å². The van der Waals surface area contributed by atoms with Crippen LogP contribution in [0.25, 0.3) is 0 Å². The van der Waals surface area contributed by atoms with Gasteiger partial charge in [0.15, 0.2) is 5.95 Å². The lowest BCUT2D eigenvalue weighted by molar-refractivity contribution is 0.930. The van der Waals surface area contributed by atoms with Crippen molar-refractivity contribution in [2.75, 3.05) is 5.73 Å². The fourth-order valence-electron chi connectivity index (χ4n) is 0.327. The molecular formula is C4H7N3. The third-order valence-corrected chi connectivity index (χ3v) is 0.792. The van der Waals surface area contributed by atoms with E-state index in [1.807, 2.05) is 0 Å². The van der Waals surface area contributed by atoms with E-state index in [-0.39, 0.29) is 6.17 Å². The number of hydrogen-bond acceptors (Lipinski definition) is 2. The van der Waals surface area contributed by atoms with Crippen molar-refractivity contribution < 1.29 is 1.37 Å². The van der Waals surface area contributed by atoms with Crippen LogP contribution in [0, 0.1) is 0 Å². The van der Waals surface area contributed by atoms with Gasteiger partial charge in [0.2, 0.25) is 0 Å². The largest absolute Gasteiger partial charge is 0.369 e. The Morgan fingerprint density at radius 3 is 3.00 bits per heavy atom. The van der Waals surface area contributed by atoms with Crippen molar-refractivity contribution in [2.45, 2.75) is 0 Å². The Balaban J connectivity index is 3.14. The molecule has 0 amide bonds. The minimum absolute atomic E-state index is 0.213. The van der Waals surface area contributed by atoms with Crippen molar-refractivity contribution in [3.05, 3.63) is 12.4 Å². The Labute approximate surface area is 43.2 Å². The molecule has 38 valence electrons. The first-order valence-corrected chi connectivity index (χ1v) is 1.95. The van der Waals surface area contributed by atoms with E-state index >= 15 is 0 Å². The van der Waals surface area contributed by atoms with E-state index in [9.17, 15) is 0 Å². The van der Waals surface area contributed by atoms with Crippen LogP contribution in [0.2, 0.25) is 0 Å². The molecule has 0 aliphatic rings. The summed E-state index contributed by atoms with van der Waals surface area (Å²) in [6.45, 7) is 0. The highest BCUT2D eigenvalue weighted by molar-refractivity contribution is 5.15.